The first-order valence-electron chi connectivity index (χ1n) is 12.3. The van der Waals surface area contributed by atoms with E-state index in [0.717, 1.165) is 5.56 Å². The first kappa shape index (κ1) is 30.2. The number of likely N-dealkylation sites (tertiary alicyclic amines) is 1. The van der Waals surface area contributed by atoms with E-state index in [1.54, 1.807) is 41.9 Å². The molecule has 1 aromatic carbocycles. The average molecular weight is 580 g/mol. The lowest BCUT2D eigenvalue weighted by Gasteiger charge is -2.29. The first-order chi connectivity index (χ1) is 18.7. The number of rotatable bonds is 13. The molecule has 1 aromatic heterocycles. The van der Waals surface area contributed by atoms with Gasteiger partial charge in [-0.05, 0) is 61.1 Å². The van der Waals surface area contributed by atoms with Crippen molar-refractivity contribution in [3.8, 4) is 5.75 Å². The molecule has 1 saturated heterocycles. The lowest BCUT2D eigenvalue weighted by atomic mass is 9.89. The average Bonchev–Trinajstić information content (AvgIpc) is 3.22. The summed E-state index contributed by atoms with van der Waals surface area (Å²) in [5.41, 5.74) is 8.19. The maximum absolute atomic E-state index is 13.4. The summed E-state index contributed by atoms with van der Waals surface area (Å²) < 4.78 is 10.6. The van der Waals surface area contributed by atoms with Gasteiger partial charge >= 0.3 is 6.09 Å². The molecule has 2 aromatic rings. The quantitative estimate of drug-likeness (QED) is 0.0925. The lowest BCUT2D eigenvalue weighted by Crippen LogP contribution is -2.52. The van der Waals surface area contributed by atoms with Crippen LogP contribution >= 0.6 is 23.2 Å². The Labute approximate surface area is 236 Å². The van der Waals surface area contributed by atoms with E-state index < -0.39 is 29.5 Å². The third kappa shape index (κ3) is 8.06. The minimum atomic E-state index is -1.34. The van der Waals surface area contributed by atoms with Gasteiger partial charge in [0.15, 0.2) is 0 Å². The van der Waals surface area contributed by atoms with E-state index in [1.807, 2.05) is 0 Å². The molecule has 2 heterocycles. The largest absolute Gasteiger partial charge is 0.489 e. The molecular formula is C26H31Cl2N5O6. The van der Waals surface area contributed by atoms with Gasteiger partial charge in [-0.25, -0.2) is 15.3 Å². The molecule has 1 fully saturated rings. The maximum atomic E-state index is 13.4. The fourth-order valence-corrected chi connectivity index (χ4v) is 4.79. The summed E-state index contributed by atoms with van der Waals surface area (Å²) >= 11 is 11.8. The second-order valence-electron chi connectivity index (χ2n) is 8.96. The topological polar surface area (TPSA) is 156 Å². The van der Waals surface area contributed by atoms with Crippen molar-refractivity contribution in [1.82, 2.24) is 20.7 Å². The number of hydrogen-bond donors (Lipinski definition) is 4. The molecule has 39 heavy (non-hydrogen) atoms. The third-order valence-corrected chi connectivity index (χ3v) is 6.67. The number of nitrogens with one attached hydrogen (secondary N) is 2. The van der Waals surface area contributed by atoms with Crippen LogP contribution in [-0.4, -0.2) is 58.7 Å². The predicted octanol–water partition coefficient (Wildman–Crippen LogP) is 3.31. The highest BCUT2D eigenvalue weighted by Crippen LogP contribution is 2.34. The van der Waals surface area contributed by atoms with E-state index in [4.69, 9.17) is 38.4 Å². The summed E-state index contributed by atoms with van der Waals surface area (Å²) in [6.45, 7) is 4.35. The Morgan fingerprint density at radius 3 is 2.56 bits per heavy atom. The van der Waals surface area contributed by atoms with Gasteiger partial charge in [0.25, 0.3) is 5.91 Å². The molecular weight excluding hydrogens is 549 g/mol. The smallest absolute Gasteiger partial charge is 0.407 e. The summed E-state index contributed by atoms with van der Waals surface area (Å²) in [4.78, 5) is 42.6. The van der Waals surface area contributed by atoms with Crippen LogP contribution in [0.3, 0.4) is 0 Å². The van der Waals surface area contributed by atoms with E-state index in [0.29, 0.717) is 30.7 Å². The molecule has 1 aliphatic rings. The van der Waals surface area contributed by atoms with Crippen molar-refractivity contribution in [2.24, 2.45) is 5.73 Å². The highest BCUT2D eigenvalue weighted by molar-refractivity contribution is 6.32. The molecule has 0 unspecified atom stereocenters. The Bertz CT molecular complexity index is 1160. The minimum absolute atomic E-state index is 0.106. The first-order valence-corrected chi connectivity index (χ1v) is 13.0. The molecule has 0 spiro atoms. The molecule has 210 valence electrons. The number of aromatic nitrogens is 1. The van der Waals surface area contributed by atoms with Crippen molar-refractivity contribution in [2.75, 3.05) is 19.7 Å². The second kappa shape index (κ2) is 14.1. The van der Waals surface area contributed by atoms with Gasteiger partial charge in [-0.15, -0.1) is 0 Å². The molecule has 3 rings (SSSR count). The summed E-state index contributed by atoms with van der Waals surface area (Å²) in [6.07, 6.45) is 2.49. The van der Waals surface area contributed by atoms with Gasteiger partial charge < -0.3 is 25.4 Å². The zero-order valence-electron chi connectivity index (χ0n) is 21.2. The van der Waals surface area contributed by atoms with E-state index >= 15 is 0 Å². The second-order valence-corrected chi connectivity index (χ2v) is 9.73. The summed E-state index contributed by atoms with van der Waals surface area (Å²) in [6, 6.07) is 9.21. The van der Waals surface area contributed by atoms with Crippen LogP contribution in [0.15, 0.2) is 49.1 Å². The van der Waals surface area contributed by atoms with Gasteiger partial charge in [0.2, 0.25) is 5.91 Å². The van der Waals surface area contributed by atoms with Crippen molar-refractivity contribution < 1.29 is 29.1 Å². The van der Waals surface area contributed by atoms with Gasteiger partial charge in [0.05, 0.1) is 0 Å². The van der Waals surface area contributed by atoms with Gasteiger partial charge in [-0.3, -0.25) is 14.8 Å². The van der Waals surface area contributed by atoms with Gasteiger partial charge in [0, 0.05) is 13.1 Å². The molecule has 0 aliphatic carbocycles. The Kier molecular flexibility index (Phi) is 10.9. The number of benzene rings is 1. The molecule has 3 amide bonds. The number of amides is 3. The van der Waals surface area contributed by atoms with Crippen LogP contribution in [0.25, 0.3) is 0 Å². The predicted molar refractivity (Wildman–Crippen MR) is 144 cm³/mol. The molecule has 1 aliphatic heterocycles. The number of hydroxylamine groups is 1. The van der Waals surface area contributed by atoms with E-state index in [-0.39, 0.29) is 42.9 Å². The molecule has 11 nitrogen and oxygen atoms in total. The van der Waals surface area contributed by atoms with Gasteiger partial charge in [0.1, 0.15) is 40.9 Å². The normalized spacial score (nSPS) is 17.4. The van der Waals surface area contributed by atoms with Crippen LogP contribution in [0.4, 0.5) is 4.79 Å². The Balaban J connectivity index is 1.58. The van der Waals surface area contributed by atoms with Crippen LogP contribution in [0.5, 0.6) is 5.75 Å². The van der Waals surface area contributed by atoms with Gasteiger partial charge in [-0.1, -0.05) is 48.0 Å². The Morgan fingerprint density at radius 1 is 1.23 bits per heavy atom. The molecule has 0 bridgehead atoms. The highest BCUT2D eigenvalue weighted by atomic mass is 35.5. The number of nitrogens with two attached hydrogens (primary N) is 1. The fraction of sp³-hybridized carbons (Fsp3) is 0.385. The Morgan fingerprint density at radius 2 is 1.92 bits per heavy atom. The van der Waals surface area contributed by atoms with Crippen molar-refractivity contribution in [2.45, 2.75) is 43.9 Å². The number of carbonyl (C=O) groups excluding carboxylic acids is 3. The lowest BCUT2D eigenvalue weighted by molar-refractivity contribution is -0.144. The maximum Gasteiger partial charge on any atom is 0.407 e. The summed E-state index contributed by atoms with van der Waals surface area (Å²) in [5.74, 6) is -0.573. The molecule has 13 heteroatoms. The zero-order chi connectivity index (χ0) is 28.4. The number of alkyl carbamates (subject to hydrolysis) is 1. The summed E-state index contributed by atoms with van der Waals surface area (Å²) in [5, 5.41) is 12.4. The van der Waals surface area contributed by atoms with Crippen molar-refractivity contribution in [3.05, 3.63) is 70.5 Å². The Hall–Kier alpha value is -3.38. The molecule has 0 saturated carbocycles. The van der Waals surface area contributed by atoms with E-state index in [9.17, 15) is 19.6 Å². The van der Waals surface area contributed by atoms with E-state index in [2.05, 4.69) is 16.9 Å². The summed E-state index contributed by atoms with van der Waals surface area (Å²) in [7, 11) is 0. The fourth-order valence-electron chi connectivity index (χ4n) is 4.28. The number of halogens is 2. The standard InChI is InChI=1S/C26H31Cl2N5O6/c1-2-13-38-25(36)30-11-4-3-5-20(23(34)32-37)33-12-10-26(29,24(33)35)18-6-8-19(9-7-18)39-16-17-14-21(27)31-22(28)15-17/h2,6-9,14-15,20,37H,1,3-5,10-13,16,29H2,(H,30,36)(H,32,34)/t20-,26-/m1/s1. The third-order valence-electron chi connectivity index (χ3n) is 6.28. The van der Waals surface area contributed by atoms with Crippen LogP contribution < -0.4 is 21.3 Å². The number of hydrogen-bond acceptors (Lipinski definition) is 8. The van der Waals surface area contributed by atoms with Crippen molar-refractivity contribution >= 4 is 41.1 Å². The zero-order valence-corrected chi connectivity index (χ0v) is 22.7. The highest BCUT2D eigenvalue weighted by Gasteiger charge is 2.48. The van der Waals surface area contributed by atoms with Crippen molar-refractivity contribution in [1.29, 1.82) is 0 Å². The van der Waals surface area contributed by atoms with E-state index in [1.165, 1.54) is 11.0 Å². The monoisotopic (exact) mass is 579 g/mol. The van der Waals surface area contributed by atoms with Crippen molar-refractivity contribution in [3.63, 3.8) is 0 Å². The molecule has 5 N–H and O–H groups in total. The molecule has 0 radical (unpaired) electrons. The number of carbonyl (C=O) groups is 3. The molecule has 2 atom stereocenters. The number of nitrogens with zero attached hydrogens (tertiary/aromatic N) is 2. The van der Waals surface area contributed by atoms with Crippen LogP contribution in [0.1, 0.15) is 36.8 Å². The van der Waals surface area contributed by atoms with Gasteiger partial charge in [-0.2, -0.15) is 0 Å². The SMILES string of the molecule is C=CCOC(=O)NCCCC[C@H](C(=O)NO)N1CC[C@@](N)(c2ccc(OCc3cc(Cl)nc(Cl)c3)cc2)C1=O. The minimum Gasteiger partial charge on any atom is -0.489 e. The van der Waals surface area contributed by atoms with Crippen LogP contribution in [-0.2, 0) is 26.5 Å². The number of unbranched alkanes of at least 4 members (excludes halogenated alkanes) is 1. The van der Waals surface area contributed by atoms with Crippen LogP contribution in [0, 0.1) is 0 Å². The van der Waals surface area contributed by atoms with Crippen LogP contribution in [0.2, 0.25) is 10.3 Å². The number of pyridine rings is 1. The number of ether oxygens (including phenoxy) is 2.